The fourth-order valence-electron chi connectivity index (χ4n) is 1.38. The van der Waals surface area contributed by atoms with Crippen molar-refractivity contribution in [2.75, 3.05) is 31.2 Å². The van der Waals surface area contributed by atoms with Crippen LogP contribution in [0.15, 0.2) is 12.4 Å². The summed E-state index contributed by atoms with van der Waals surface area (Å²) in [5, 5.41) is 8.98. The van der Waals surface area contributed by atoms with Crippen molar-refractivity contribution in [1.82, 2.24) is 9.97 Å². The van der Waals surface area contributed by atoms with Gasteiger partial charge in [-0.05, 0) is 13.8 Å². The highest BCUT2D eigenvalue weighted by molar-refractivity contribution is 5.35. The van der Waals surface area contributed by atoms with Crippen LogP contribution in [0.5, 0.6) is 0 Å². The molecule has 0 aromatic carbocycles. The molecule has 0 atom stereocenters. The summed E-state index contributed by atoms with van der Waals surface area (Å²) in [5.74, 6) is 0.786. The maximum atomic E-state index is 8.98. The molecule has 0 fully saturated rings. The van der Waals surface area contributed by atoms with E-state index >= 15 is 0 Å². The van der Waals surface area contributed by atoms with Gasteiger partial charge in [-0.2, -0.15) is 0 Å². The first kappa shape index (κ1) is 12.9. The Labute approximate surface area is 96.1 Å². The second-order valence-corrected chi connectivity index (χ2v) is 3.30. The lowest BCUT2D eigenvalue weighted by atomic mass is 10.4. The van der Waals surface area contributed by atoms with E-state index in [1.807, 2.05) is 6.92 Å². The maximum absolute atomic E-state index is 8.98. The number of aromatic nitrogens is 2. The smallest absolute Gasteiger partial charge is 0.147 e. The third-order valence-electron chi connectivity index (χ3n) is 2.25. The van der Waals surface area contributed by atoms with Crippen LogP contribution in [0.2, 0.25) is 0 Å². The molecular weight excluding hydrogens is 206 g/mol. The van der Waals surface area contributed by atoms with Gasteiger partial charge in [0, 0.05) is 19.7 Å². The van der Waals surface area contributed by atoms with Gasteiger partial charge >= 0.3 is 0 Å². The molecule has 5 nitrogen and oxygen atoms in total. The van der Waals surface area contributed by atoms with Crippen molar-refractivity contribution >= 4 is 5.82 Å². The summed E-state index contributed by atoms with van der Waals surface area (Å²) in [6, 6.07) is 0. The molecule has 0 aliphatic heterocycles. The number of ether oxygens (including phenoxy) is 1. The van der Waals surface area contributed by atoms with Crippen molar-refractivity contribution in [1.29, 1.82) is 0 Å². The topological polar surface area (TPSA) is 58.5 Å². The summed E-state index contributed by atoms with van der Waals surface area (Å²) < 4.78 is 5.30. The van der Waals surface area contributed by atoms with Gasteiger partial charge in [0.1, 0.15) is 5.82 Å². The first-order chi connectivity index (χ1) is 7.81. The highest BCUT2D eigenvalue weighted by Crippen LogP contribution is 2.09. The Bertz CT molecular complexity index is 307. The standard InChI is InChI=1S/C11H19N3O2/c1-3-14(5-6-16-4-2)11-8-12-7-10(9-15)13-11/h7-8,15H,3-6,9H2,1-2H3. The predicted octanol–water partition coefficient (Wildman–Crippen LogP) is 0.832. The monoisotopic (exact) mass is 225 g/mol. The molecule has 1 aromatic rings. The summed E-state index contributed by atoms with van der Waals surface area (Å²) in [6.07, 6.45) is 3.27. The molecule has 1 rings (SSSR count). The average Bonchev–Trinajstić information content (AvgIpc) is 2.35. The quantitative estimate of drug-likeness (QED) is 0.697. The fraction of sp³-hybridized carbons (Fsp3) is 0.636. The van der Waals surface area contributed by atoms with E-state index in [4.69, 9.17) is 9.84 Å². The van der Waals surface area contributed by atoms with Crippen LogP contribution in [0, 0.1) is 0 Å². The minimum absolute atomic E-state index is 0.0795. The van der Waals surface area contributed by atoms with E-state index in [0.29, 0.717) is 12.3 Å². The zero-order valence-corrected chi connectivity index (χ0v) is 9.89. The number of hydrogen-bond acceptors (Lipinski definition) is 5. The molecule has 0 aliphatic carbocycles. The molecule has 1 N–H and O–H groups in total. The number of nitrogens with zero attached hydrogens (tertiary/aromatic N) is 3. The average molecular weight is 225 g/mol. The summed E-state index contributed by atoms with van der Waals surface area (Å²) in [4.78, 5) is 10.4. The highest BCUT2D eigenvalue weighted by Gasteiger charge is 2.06. The van der Waals surface area contributed by atoms with Crippen molar-refractivity contribution in [3.05, 3.63) is 18.1 Å². The van der Waals surface area contributed by atoms with Gasteiger partial charge < -0.3 is 14.7 Å². The summed E-state index contributed by atoms with van der Waals surface area (Å²) in [5.41, 5.74) is 0.590. The zero-order valence-electron chi connectivity index (χ0n) is 9.89. The lowest BCUT2D eigenvalue weighted by Gasteiger charge is -2.21. The Balaban J connectivity index is 2.62. The van der Waals surface area contributed by atoms with Gasteiger partial charge in [0.15, 0.2) is 0 Å². The van der Waals surface area contributed by atoms with Crippen LogP contribution >= 0.6 is 0 Å². The fourth-order valence-corrected chi connectivity index (χ4v) is 1.38. The summed E-state index contributed by atoms with van der Waals surface area (Å²) in [7, 11) is 0. The zero-order chi connectivity index (χ0) is 11.8. The Hall–Kier alpha value is -1.20. The lowest BCUT2D eigenvalue weighted by Crippen LogP contribution is -2.28. The van der Waals surface area contributed by atoms with Crippen LogP contribution in [-0.4, -0.2) is 41.4 Å². The number of aliphatic hydroxyl groups is 1. The molecule has 0 unspecified atom stereocenters. The van der Waals surface area contributed by atoms with Crippen LogP contribution in [-0.2, 0) is 11.3 Å². The molecular formula is C11H19N3O2. The Kier molecular flexibility index (Phi) is 5.74. The summed E-state index contributed by atoms with van der Waals surface area (Å²) >= 11 is 0. The maximum Gasteiger partial charge on any atom is 0.147 e. The van der Waals surface area contributed by atoms with E-state index in [1.54, 1.807) is 12.4 Å². The minimum atomic E-state index is -0.0795. The molecule has 0 amide bonds. The molecule has 1 heterocycles. The SMILES string of the molecule is CCOCCN(CC)c1cncc(CO)n1. The number of aliphatic hydroxyl groups excluding tert-OH is 1. The van der Waals surface area contributed by atoms with Crippen molar-refractivity contribution < 1.29 is 9.84 Å². The van der Waals surface area contributed by atoms with Crippen LogP contribution in [0.3, 0.4) is 0 Å². The Morgan fingerprint density at radius 2 is 2.19 bits per heavy atom. The minimum Gasteiger partial charge on any atom is -0.390 e. The van der Waals surface area contributed by atoms with Gasteiger partial charge in [-0.15, -0.1) is 0 Å². The molecule has 1 aromatic heterocycles. The Morgan fingerprint density at radius 1 is 1.38 bits per heavy atom. The molecule has 90 valence electrons. The Morgan fingerprint density at radius 3 is 2.81 bits per heavy atom. The molecule has 0 radical (unpaired) electrons. The lowest BCUT2D eigenvalue weighted by molar-refractivity contribution is 0.154. The third-order valence-corrected chi connectivity index (χ3v) is 2.25. The van der Waals surface area contributed by atoms with Crippen molar-refractivity contribution in [2.24, 2.45) is 0 Å². The summed E-state index contributed by atoms with van der Waals surface area (Å²) in [6.45, 7) is 6.98. The number of hydrogen-bond donors (Lipinski definition) is 1. The van der Waals surface area contributed by atoms with Crippen molar-refractivity contribution in [2.45, 2.75) is 20.5 Å². The van der Waals surface area contributed by atoms with Gasteiger partial charge in [0.05, 0.1) is 31.3 Å². The van der Waals surface area contributed by atoms with E-state index in [2.05, 4.69) is 21.8 Å². The van der Waals surface area contributed by atoms with Crippen LogP contribution in [0.1, 0.15) is 19.5 Å². The van der Waals surface area contributed by atoms with E-state index in [9.17, 15) is 0 Å². The second kappa shape index (κ2) is 7.14. The third kappa shape index (κ3) is 3.75. The highest BCUT2D eigenvalue weighted by atomic mass is 16.5. The van der Waals surface area contributed by atoms with E-state index < -0.39 is 0 Å². The molecule has 0 bridgehead atoms. The molecule has 0 spiro atoms. The largest absolute Gasteiger partial charge is 0.390 e. The normalized spacial score (nSPS) is 10.4. The van der Waals surface area contributed by atoms with E-state index in [1.165, 1.54) is 0 Å². The van der Waals surface area contributed by atoms with Crippen molar-refractivity contribution in [3.8, 4) is 0 Å². The molecule has 0 saturated carbocycles. The first-order valence-corrected chi connectivity index (χ1v) is 5.56. The molecule has 16 heavy (non-hydrogen) atoms. The first-order valence-electron chi connectivity index (χ1n) is 5.56. The van der Waals surface area contributed by atoms with Gasteiger partial charge in [-0.1, -0.05) is 0 Å². The number of likely N-dealkylation sites (N-methyl/N-ethyl adjacent to an activating group) is 1. The molecule has 5 heteroatoms. The van der Waals surface area contributed by atoms with Crippen LogP contribution in [0.25, 0.3) is 0 Å². The van der Waals surface area contributed by atoms with Crippen molar-refractivity contribution in [3.63, 3.8) is 0 Å². The van der Waals surface area contributed by atoms with Gasteiger partial charge in [-0.25, -0.2) is 4.98 Å². The van der Waals surface area contributed by atoms with Gasteiger partial charge in [-0.3, -0.25) is 4.98 Å². The predicted molar refractivity (Wildman–Crippen MR) is 62.3 cm³/mol. The second-order valence-electron chi connectivity index (χ2n) is 3.30. The van der Waals surface area contributed by atoms with Gasteiger partial charge in [0.25, 0.3) is 0 Å². The number of anilines is 1. The number of rotatable bonds is 7. The van der Waals surface area contributed by atoms with E-state index in [-0.39, 0.29) is 6.61 Å². The van der Waals surface area contributed by atoms with Crippen LogP contribution < -0.4 is 4.90 Å². The molecule has 0 saturated heterocycles. The van der Waals surface area contributed by atoms with Gasteiger partial charge in [0.2, 0.25) is 0 Å². The van der Waals surface area contributed by atoms with Crippen LogP contribution in [0.4, 0.5) is 5.82 Å². The van der Waals surface area contributed by atoms with E-state index in [0.717, 1.165) is 25.5 Å². The molecule has 0 aliphatic rings.